The minimum atomic E-state index is -0.863. The maximum atomic E-state index is 12.5. The van der Waals surface area contributed by atoms with Crippen LogP contribution in [0.2, 0.25) is 0 Å². The molecule has 51 heavy (non-hydrogen) atoms. The number of ether oxygens (including phenoxy) is 3. The van der Waals surface area contributed by atoms with Crippen LogP contribution in [0.3, 0.4) is 0 Å². The molecule has 0 N–H and O–H groups in total. The van der Waals surface area contributed by atoms with Gasteiger partial charge in [0.15, 0.2) is 6.10 Å². The van der Waals surface area contributed by atoms with Crippen molar-refractivity contribution >= 4 is 17.9 Å². The van der Waals surface area contributed by atoms with Crippen molar-refractivity contribution < 1.29 is 28.6 Å². The molecule has 0 aromatic heterocycles. The van der Waals surface area contributed by atoms with Crippen LogP contribution in [0.1, 0.15) is 149 Å². The number of hydrogen-bond acceptors (Lipinski definition) is 6. The minimum Gasteiger partial charge on any atom is -0.462 e. The quantitative estimate of drug-likeness (QED) is 0.0222. The number of rotatable bonds is 33. The minimum absolute atomic E-state index is 0.0823. The number of allylic oxidation sites excluding steroid dienone is 14. The Balaban J connectivity index is 4.53. The molecule has 0 bridgehead atoms. The second kappa shape index (κ2) is 39.1. The highest BCUT2D eigenvalue weighted by molar-refractivity contribution is 5.72. The van der Waals surface area contributed by atoms with E-state index in [1.165, 1.54) is 32.1 Å². The molecule has 0 saturated heterocycles. The second-order valence-electron chi connectivity index (χ2n) is 12.5. The molecule has 286 valence electrons. The molecule has 6 heteroatoms. The summed E-state index contributed by atoms with van der Waals surface area (Å²) in [5.41, 5.74) is 0. The van der Waals surface area contributed by atoms with Crippen molar-refractivity contribution in [3.05, 3.63) is 97.2 Å². The van der Waals surface area contributed by atoms with Crippen molar-refractivity contribution in [3.63, 3.8) is 0 Å². The van der Waals surface area contributed by atoms with Gasteiger partial charge < -0.3 is 14.2 Å². The lowest BCUT2D eigenvalue weighted by Crippen LogP contribution is -2.30. The molecular formula is C45H70O6. The molecule has 0 radical (unpaired) electrons. The zero-order chi connectivity index (χ0) is 37.3. The van der Waals surface area contributed by atoms with Gasteiger partial charge in [-0.05, 0) is 70.6 Å². The molecule has 1 unspecified atom stereocenters. The van der Waals surface area contributed by atoms with E-state index in [0.29, 0.717) is 6.42 Å². The summed E-state index contributed by atoms with van der Waals surface area (Å²) in [5, 5.41) is 0. The van der Waals surface area contributed by atoms with Gasteiger partial charge in [-0.3, -0.25) is 14.4 Å². The van der Waals surface area contributed by atoms with Crippen LogP contribution >= 0.6 is 0 Å². The average Bonchev–Trinajstić information content (AvgIpc) is 3.12. The Hall–Kier alpha value is -3.67. The van der Waals surface area contributed by atoms with Gasteiger partial charge in [-0.2, -0.15) is 0 Å². The van der Waals surface area contributed by atoms with E-state index in [2.05, 4.69) is 87.6 Å². The highest BCUT2D eigenvalue weighted by atomic mass is 16.6. The van der Waals surface area contributed by atoms with E-state index in [-0.39, 0.29) is 32.0 Å². The van der Waals surface area contributed by atoms with Gasteiger partial charge in [-0.25, -0.2) is 0 Å². The van der Waals surface area contributed by atoms with Crippen LogP contribution in [0.4, 0.5) is 0 Å². The molecule has 0 fully saturated rings. The van der Waals surface area contributed by atoms with Gasteiger partial charge in [0.25, 0.3) is 0 Å². The van der Waals surface area contributed by atoms with Gasteiger partial charge in [0.2, 0.25) is 0 Å². The largest absolute Gasteiger partial charge is 0.462 e. The maximum Gasteiger partial charge on any atom is 0.310 e. The third-order valence-corrected chi connectivity index (χ3v) is 7.65. The standard InChI is InChI=1S/C45H70O6/c1-4-7-10-13-16-19-20-21-22-23-24-27-29-32-35-38-44(47)50-41-42(51-45(48)39-36-33-30-26-18-15-12-9-6-3)40-49-43(46)37-34-31-28-25-17-14-11-8-5-2/h8-9,11-12,16-21,25-26,31,33-34,36,42H,4-7,10,13-15,22-24,27-30,32,35,37-41H2,1-3H3/b11-8-,12-9-,19-16-,21-20-,25-17-,26-18-,34-31-,36-33-. The monoisotopic (exact) mass is 707 g/mol. The molecule has 0 spiro atoms. The number of carbonyl (C=O) groups is 3. The third kappa shape index (κ3) is 37.4. The molecule has 0 heterocycles. The van der Waals surface area contributed by atoms with Gasteiger partial charge >= 0.3 is 17.9 Å². The van der Waals surface area contributed by atoms with Crippen LogP contribution in [0, 0.1) is 0 Å². The van der Waals surface area contributed by atoms with E-state index in [4.69, 9.17) is 14.2 Å². The van der Waals surface area contributed by atoms with E-state index < -0.39 is 18.0 Å². The fraction of sp³-hybridized carbons (Fsp3) is 0.578. The van der Waals surface area contributed by atoms with Gasteiger partial charge in [0, 0.05) is 6.42 Å². The first-order valence-electron chi connectivity index (χ1n) is 19.8. The predicted molar refractivity (Wildman–Crippen MR) is 214 cm³/mol. The molecule has 0 aliphatic rings. The topological polar surface area (TPSA) is 78.9 Å². The molecular weight excluding hydrogens is 636 g/mol. The lowest BCUT2D eigenvalue weighted by molar-refractivity contribution is -0.166. The average molecular weight is 707 g/mol. The van der Waals surface area contributed by atoms with Crippen LogP contribution in [-0.2, 0) is 28.6 Å². The Morgan fingerprint density at radius 2 is 0.882 bits per heavy atom. The summed E-state index contributed by atoms with van der Waals surface area (Å²) in [6, 6.07) is 0. The lowest BCUT2D eigenvalue weighted by atomic mass is 10.1. The van der Waals surface area contributed by atoms with Crippen molar-refractivity contribution in [1.29, 1.82) is 0 Å². The summed E-state index contributed by atoms with van der Waals surface area (Å²) in [6.45, 7) is 6.12. The van der Waals surface area contributed by atoms with Crippen LogP contribution in [0.25, 0.3) is 0 Å². The van der Waals surface area contributed by atoms with E-state index in [1.807, 2.05) is 18.2 Å². The van der Waals surface area contributed by atoms with E-state index in [0.717, 1.165) is 77.0 Å². The maximum absolute atomic E-state index is 12.5. The Morgan fingerprint density at radius 1 is 0.451 bits per heavy atom. The Labute approximate surface area is 311 Å². The fourth-order valence-electron chi connectivity index (χ4n) is 4.73. The molecule has 0 amide bonds. The van der Waals surface area contributed by atoms with Gasteiger partial charge in [0.05, 0.1) is 12.8 Å². The molecule has 0 aliphatic heterocycles. The first-order valence-corrected chi connectivity index (χ1v) is 19.8. The smallest absolute Gasteiger partial charge is 0.310 e. The van der Waals surface area contributed by atoms with Crippen molar-refractivity contribution in [1.82, 2.24) is 0 Å². The Kier molecular flexibility index (Phi) is 36.3. The van der Waals surface area contributed by atoms with Crippen LogP contribution in [-0.4, -0.2) is 37.2 Å². The molecule has 0 aromatic carbocycles. The molecule has 6 nitrogen and oxygen atoms in total. The molecule has 1 atom stereocenters. The Morgan fingerprint density at radius 3 is 1.41 bits per heavy atom. The zero-order valence-electron chi connectivity index (χ0n) is 32.3. The number of unbranched alkanes of at least 4 members (excludes halogenated alkanes) is 9. The second-order valence-corrected chi connectivity index (χ2v) is 12.5. The first kappa shape index (κ1) is 47.3. The number of esters is 3. The van der Waals surface area contributed by atoms with E-state index in [1.54, 1.807) is 12.2 Å². The molecule has 0 aromatic rings. The molecule has 0 rings (SSSR count). The molecule has 0 saturated carbocycles. The van der Waals surface area contributed by atoms with Gasteiger partial charge in [0.1, 0.15) is 13.2 Å². The van der Waals surface area contributed by atoms with Crippen molar-refractivity contribution in [2.75, 3.05) is 13.2 Å². The summed E-state index contributed by atoms with van der Waals surface area (Å²) >= 11 is 0. The normalized spacial score (nSPS) is 13.1. The van der Waals surface area contributed by atoms with Crippen molar-refractivity contribution in [2.45, 2.75) is 155 Å². The number of hydrogen-bond donors (Lipinski definition) is 0. The van der Waals surface area contributed by atoms with Crippen molar-refractivity contribution in [2.24, 2.45) is 0 Å². The predicted octanol–water partition coefficient (Wildman–Crippen LogP) is 12.3. The Bertz CT molecular complexity index is 1090. The van der Waals surface area contributed by atoms with Gasteiger partial charge in [-0.1, -0.05) is 157 Å². The van der Waals surface area contributed by atoms with Crippen molar-refractivity contribution in [3.8, 4) is 0 Å². The summed E-state index contributed by atoms with van der Waals surface area (Å²) in [6.07, 6.45) is 50.3. The van der Waals surface area contributed by atoms with Crippen LogP contribution in [0.15, 0.2) is 97.2 Å². The summed E-state index contributed by atoms with van der Waals surface area (Å²) in [7, 11) is 0. The highest BCUT2D eigenvalue weighted by Crippen LogP contribution is 2.10. The summed E-state index contributed by atoms with van der Waals surface area (Å²) in [5.74, 6) is -1.23. The third-order valence-electron chi connectivity index (χ3n) is 7.65. The van der Waals surface area contributed by atoms with Crippen LogP contribution < -0.4 is 0 Å². The number of carbonyl (C=O) groups excluding carboxylic acids is 3. The fourth-order valence-corrected chi connectivity index (χ4v) is 4.73. The zero-order valence-corrected chi connectivity index (χ0v) is 32.3. The van der Waals surface area contributed by atoms with Gasteiger partial charge in [-0.15, -0.1) is 0 Å². The highest BCUT2D eigenvalue weighted by Gasteiger charge is 2.19. The summed E-state index contributed by atoms with van der Waals surface area (Å²) < 4.78 is 16.3. The molecule has 0 aliphatic carbocycles. The lowest BCUT2D eigenvalue weighted by Gasteiger charge is -2.17. The van der Waals surface area contributed by atoms with E-state index >= 15 is 0 Å². The summed E-state index contributed by atoms with van der Waals surface area (Å²) in [4.78, 5) is 37.3. The van der Waals surface area contributed by atoms with E-state index in [9.17, 15) is 14.4 Å². The SMILES string of the molecule is CC/C=C\C/C=C\C/C=C\CC(=O)OCC(COC(=O)CCCCCCCC/C=C\C=C/CCCCC)OC(=O)C/C=C\C/C=C\C/C=C\CC. The first-order chi connectivity index (χ1) is 25.0. The van der Waals surface area contributed by atoms with Crippen LogP contribution in [0.5, 0.6) is 0 Å².